The van der Waals surface area contributed by atoms with Gasteiger partial charge in [-0.3, -0.25) is 10.1 Å². The van der Waals surface area contributed by atoms with Crippen molar-refractivity contribution in [2.24, 2.45) is 0 Å². The molecule has 0 aromatic heterocycles. The van der Waals surface area contributed by atoms with Crippen LogP contribution in [-0.4, -0.2) is 10.7 Å². The Hall–Kier alpha value is -1.19. The van der Waals surface area contributed by atoms with E-state index in [0.29, 0.717) is 0 Å². The van der Waals surface area contributed by atoms with Gasteiger partial charge in [-0.15, -0.1) is 0 Å². The first kappa shape index (κ1) is 6.92. The molecule has 1 aliphatic carbocycles. The van der Waals surface area contributed by atoms with Gasteiger partial charge in [-0.1, -0.05) is 18.2 Å². The third-order valence-corrected chi connectivity index (χ3v) is 1.31. The van der Waals surface area contributed by atoms with E-state index in [1.807, 2.05) is 0 Å². The van der Waals surface area contributed by atoms with Gasteiger partial charge in [0, 0.05) is 6.08 Å². The number of rotatable bonds is 1. The minimum Gasteiger partial charge on any atom is -0.261 e. The molecule has 0 heterocycles. The maximum absolute atomic E-state index is 12.9. The molecule has 0 spiro atoms. The lowest BCUT2D eigenvalue weighted by molar-refractivity contribution is -0.588. The summed E-state index contributed by atoms with van der Waals surface area (Å²) >= 11 is 0. The molecule has 1 rings (SSSR count). The topological polar surface area (TPSA) is 43.1 Å². The van der Waals surface area contributed by atoms with Crippen LogP contribution in [0.5, 0.6) is 0 Å². The van der Waals surface area contributed by atoms with E-state index < -0.39 is 10.7 Å². The smallest absolute Gasteiger partial charge is 0.261 e. The van der Waals surface area contributed by atoms with E-state index in [1.54, 1.807) is 6.08 Å². The average molecular weight is 143 g/mol. The van der Waals surface area contributed by atoms with Crippen LogP contribution >= 0.6 is 0 Å². The number of halogens is 1. The lowest BCUT2D eigenvalue weighted by Crippen LogP contribution is -2.30. The molecule has 0 aliphatic heterocycles. The molecule has 0 radical (unpaired) electrons. The number of nitrogens with zero attached hydrogens (tertiary/aromatic N) is 1. The van der Waals surface area contributed by atoms with Crippen LogP contribution in [0.1, 0.15) is 6.42 Å². The fraction of sp³-hybridized carbons (Fsp3) is 0.333. The molecule has 0 aromatic rings. The molecule has 4 heteroatoms. The Kier molecular flexibility index (Phi) is 1.53. The standard InChI is InChI=1S/C6H6FNO2/c7-6(8(9)10)4-2-1-3-5-6/h1-4H,5H2. The quantitative estimate of drug-likeness (QED) is 0.316. The summed E-state index contributed by atoms with van der Waals surface area (Å²) in [5, 5.41) is 10.0. The van der Waals surface area contributed by atoms with Crippen molar-refractivity contribution in [1.29, 1.82) is 0 Å². The molecule has 0 fully saturated rings. The SMILES string of the molecule is O=[N+]([O-])C1(F)C=CC=CC1. The van der Waals surface area contributed by atoms with Crippen molar-refractivity contribution in [3.05, 3.63) is 34.4 Å². The van der Waals surface area contributed by atoms with Crippen LogP contribution in [0, 0.1) is 10.1 Å². The van der Waals surface area contributed by atoms with Crippen molar-refractivity contribution >= 4 is 0 Å². The average Bonchev–Trinajstić information content (AvgIpc) is 1.89. The van der Waals surface area contributed by atoms with Crippen LogP contribution in [0.4, 0.5) is 4.39 Å². The Balaban J connectivity index is 2.80. The van der Waals surface area contributed by atoms with Gasteiger partial charge < -0.3 is 0 Å². The maximum Gasteiger partial charge on any atom is 0.381 e. The molecule has 0 aromatic carbocycles. The van der Waals surface area contributed by atoms with Crippen LogP contribution < -0.4 is 0 Å². The van der Waals surface area contributed by atoms with Crippen molar-refractivity contribution in [2.75, 3.05) is 0 Å². The highest BCUT2D eigenvalue weighted by Crippen LogP contribution is 2.22. The number of hydrogen-bond donors (Lipinski definition) is 0. The Morgan fingerprint density at radius 3 is 2.60 bits per heavy atom. The number of hydrogen-bond acceptors (Lipinski definition) is 2. The lowest BCUT2D eigenvalue weighted by Gasteiger charge is -2.11. The molecule has 54 valence electrons. The van der Waals surface area contributed by atoms with E-state index >= 15 is 0 Å². The Labute approximate surface area is 57.0 Å². The van der Waals surface area contributed by atoms with E-state index in [-0.39, 0.29) is 6.42 Å². The highest BCUT2D eigenvalue weighted by Gasteiger charge is 2.39. The van der Waals surface area contributed by atoms with Crippen molar-refractivity contribution in [3.8, 4) is 0 Å². The molecular formula is C6H6FNO2. The largest absolute Gasteiger partial charge is 0.381 e. The first-order chi connectivity index (χ1) is 4.65. The fourth-order valence-corrected chi connectivity index (χ4v) is 0.718. The zero-order valence-electron chi connectivity index (χ0n) is 5.16. The molecule has 0 bridgehead atoms. The van der Waals surface area contributed by atoms with E-state index in [2.05, 4.69) is 0 Å². The fourth-order valence-electron chi connectivity index (χ4n) is 0.718. The van der Waals surface area contributed by atoms with Crippen LogP contribution in [0.2, 0.25) is 0 Å². The Bertz CT molecular complexity index is 212. The number of alkyl halides is 1. The van der Waals surface area contributed by atoms with Crippen LogP contribution in [0.3, 0.4) is 0 Å². The molecule has 0 saturated heterocycles. The van der Waals surface area contributed by atoms with Crippen molar-refractivity contribution < 1.29 is 9.31 Å². The van der Waals surface area contributed by atoms with Gasteiger partial charge in [0.2, 0.25) is 0 Å². The molecule has 0 saturated carbocycles. The van der Waals surface area contributed by atoms with Gasteiger partial charge >= 0.3 is 5.79 Å². The van der Waals surface area contributed by atoms with Gasteiger partial charge in [0.05, 0.1) is 11.3 Å². The highest BCUT2D eigenvalue weighted by molar-refractivity contribution is 5.14. The zero-order valence-corrected chi connectivity index (χ0v) is 5.16. The second-order valence-corrected chi connectivity index (χ2v) is 2.07. The van der Waals surface area contributed by atoms with Gasteiger partial charge in [0.1, 0.15) is 0 Å². The first-order valence-corrected chi connectivity index (χ1v) is 2.83. The third-order valence-electron chi connectivity index (χ3n) is 1.31. The predicted molar refractivity (Wildman–Crippen MR) is 33.7 cm³/mol. The number of nitro groups is 1. The van der Waals surface area contributed by atoms with Gasteiger partial charge in [-0.25, -0.2) is 0 Å². The van der Waals surface area contributed by atoms with Gasteiger partial charge in [0.15, 0.2) is 0 Å². The second-order valence-electron chi connectivity index (χ2n) is 2.07. The van der Waals surface area contributed by atoms with Gasteiger partial charge in [-0.2, -0.15) is 4.39 Å². The summed E-state index contributed by atoms with van der Waals surface area (Å²) in [6.45, 7) is 0. The van der Waals surface area contributed by atoms with Crippen molar-refractivity contribution in [1.82, 2.24) is 0 Å². The second kappa shape index (κ2) is 2.21. The van der Waals surface area contributed by atoms with Crippen molar-refractivity contribution in [2.45, 2.75) is 12.2 Å². The molecule has 0 N–H and O–H groups in total. The van der Waals surface area contributed by atoms with Crippen LogP contribution in [-0.2, 0) is 0 Å². The molecule has 3 nitrogen and oxygen atoms in total. The van der Waals surface area contributed by atoms with E-state index in [1.165, 1.54) is 12.2 Å². The third kappa shape index (κ3) is 1.05. The summed E-state index contributed by atoms with van der Waals surface area (Å²) < 4.78 is 12.9. The van der Waals surface area contributed by atoms with E-state index in [9.17, 15) is 14.5 Å². The molecule has 1 atom stereocenters. The van der Waals surface area contributed by atoms with Crippen LogP contribution in [0.25, 0.3) is 0 Å². The summed E-state index contributed by atoms with van der Waals surface area (Å²) in [7, 11) is 0. The minimum atomic E-state index is -2.37. The summed E-state index contributed by atoms with van der Waals surface area (Å²) in [4.78, 5) is 9.10. The normalized spacial score (nSPS) is 30.5. The van der Waals surface area contributed by atoms with Gasteiger partial charge in [0.25, 0.3) is 0 Å². The number of allylic oxidation sites excluding steroid dienone is 2. The maximum atomic E-state index is 12.9. The summed E-state index contributed by atoms with van der Waals surface area (Å²) in [5.41, 5.74) is 0. The van der Waals surface area contributed by atoms with Gasteiger partial charge in [-0.05, 0) is 0 Å². The minimum absolute atomic E-state index is 0.170. The van der Waals surface area contributed by atoms with Crippen molar-refractivity contribution in [3.63, 3.8) is 0 Å². The molecule has 10 heavy (non-hydrogen) atoms. The first-order valence-electron chi connectivity index (χ1n) is 2.83. The molecule has 1 unspecified atom stereocenters. The van der Waals surface area contributed by atoms with E-state index in [0.717, 1.165) is 6.08 Å². The summed E-state index contributed by atoms with van der Waals surface area (Å²) in [6, 6.07) is 0. The monoisotopic (exact) mass is 143 g/mol. The highest BCUT2D eigenvalue weighted by atomic mass is 19.1. The predicted octanol–water partition coefficient (Wildman–Crippen LogP) is 1.45. The molecule has 0 amide bonds. The van der Waals surface area contributed by atoms with Crippen LogP contribution in [0.15, 0.2) is 24.3 Å². The van der Waals surface area contributed by atoms with E-state index in [4.69, 9.17) is 0 Å². The molecular weight excluding hydrogens is 137 g/mol. The Morgan fingerprint density at radius 2 is 2.30 bits per heavy atom. The summed E-state index contributed by atoms with van der Waals surface area (Å²) in [6.07, 6.45) is 5.14. The zero-order chi connectivity index (χ0) is 7.61. The lowest BCUT2D eigenvalue weighted by atomic mass is 10.1. The summed E-state index contributed by atoms with van der Waals surface area (Å²) in [5.74, 6) is -2.37. The Morgan fingerprint density at radius 1 is 1.60 bits per heavy atom. The molecule has 1 aliphatic rings.